The molecular formula is C15H17F3O4. The van der Waals surface area contributed by atoms with Crippen molar-refractivity contribution in [1.82, 2.24) is 0 Å². The number of benzene rings is 1. The third-order valence-corrected chi connectivity index (χ3v) is 2.81. The predicted molar refractivity (Wildman–Crippen MR) is 72.1 cm³/mol. The molecule has 22 heavy (non-hydrogen) atoms. The monoisotopic (exact) mass is 318 g/mol. The molecule has 4 nitrogen and oxygen atoms in total. The lowest BCUT2D eigenvalue weighted by atomic mass is 10.0. The molecule has 0 N–H and O–H groups in total. The Labute approximate surface area is 126 Å². The second kappa shape index (κ2) is 7.82. The van der Waals surface area contributed by atoms with Crippen molar-refractivity contribution in [2.45, 2.75) is 32.9 Å². The van der Waals surface area contributed by atoms with Crippen LogP contribution in [0.5, 0.6) is 5.75 Å². The smallest absolute Gasteiger partial charge is 0.416 e. The molecule has 0 aliphatic rings. The van der Waals surface area contributed by atoms with Crippen molar-refractivity contribution in [3.63, 3.8) is 0 Å². The van der Waals surface area contributed by atoms with Crippen LogP contribution in [0.3, 0.4) is 0 Å². The third-order valence-electron chi connectivity index (χ3n) is 2.81. The number of hydrogen-bond acceptors (Lipinski definition) is 4. The SMILES string of the molecule is CCCC(C(=O)OCC)C(=O)Oc1cccc(C(F)(F)F)c1. The van der Waals surface area contributed by atoms with Gasteiger partial charge in [0.2, 0.25) is 0 Å². The molecule has 7 heteroatoms. The lowest BCUT2D eigenvalue weighted by Gasteiger charge is -2.14. The summed E-state index contributed by atoms with van der Waals surface area (Å²) in [6, 6.07) is 3.93. The minimum Gasteiger partial charge on any atom is -0.465 e. The molecule has 0 amide bonds. The maximum atomic E-state index is 12.6. The van der Waals surface area contributed by atoms with Crippen molar-refractivity contribution in [1.29, 1.82) is 0 Å². The van der Waals surface area contributed by atoms with Crippen LogP contribution in [0.4, 0.5) is 13.2 Å². The van der Waals surface area contributed by atoms with E-state index in [1.165, 1.54) is 6.07 Å². The fourth-order valence-electron chi connectivity index (χ4n) is 1.79. The van der Waals surface area contributed by atoms with Crippen molar-refractivity contribution < 1.29 is 32.2 Å². The molecule has 0 fully saturated rings. The Kier molecular flexibility index (Phi) is 6.39. The van der Waals surface area contributed by atoms with E-state index in [-0.39, 0.29) is 18.8 Å². The summed E-state index contributed by atoms with van der Waals surface area (Å²) in [6.45, 7) is 3.47. The van der Waals surface area contributed by atoms with E-state index in [9.17, 15) is 22.8 Å². The van der Waals surface area contributed by atoms with Crippen LogP contribution in [-0.4, -0.2) is 18.5 Å². The van der Waals surface area contributed by atoms with Gasteiger partial charge >= 0.3 is 18.1 Å². The van der Waals surface area contributed by atoms with E-state index in [4.69, 9.17) is 9.47 Å². The van der Waals surface area contributed by atoms with Crippen LogP contribution in [0.1, 0.15) is 32.3 Å². The van der Waals surface area contributed by atoms with Crippen LogP contribution in [0.25, 0.3) is 0 Å². The molecule has 0 bridgehead atoms. The van der Waals surface area contributed by atoms with Crippen LogP contribution < -0.4 is 4.74 Å². The molecule has 1 atom stereocenters. The largest absolute Gasteiger partial charge is 0.465 e. The van der Waals surface area contributed by atoms with Gasteiger partial charge in [-0.2, -0.15) is 13.2 Å². The van der Waals surface area contributed by atoms with E-state index in [0.717, 1.165) is 12.1 Å². The maximum Gasteiger partial charge on any atom is 0.416 e. The molecule has 0 aliphatic heterocycles. The van der Waals surface area contributed by atoms with Gasteiger partial charge in [-0.25, -0.2) is 0 Å². The van der Waals surface area contributed by atoms with Gasteiger partial charge in [-0.15, -0.1) is 0 Å². The highest BCUT2D eigenvalue weighted by Crippen LogP contribution is 2.31. The number of carbonyl (C=O) groups is 2. The summed E-state index contributed by atoms with van der Waals surface area (Å²) >= 11 is 0. The van der Waals surface area contributed by atoms with Crippen molar-refractivity contribution >= 4 is 11.9 Å². The molecule has 0 saturated heterocycles. The number of halogens is 3. The number of carbonyl (C=O) groups excluding carboxylic acids is 2. The first-order valence-corrected chi connectivity index (χ1v) is 6.85. The minimum atomic E-state index is -4.54. The number of hydrogen-bond donors (Lipinski definition) is 0. The van der Waals surface area contributed by atoms with Crippen LogP contribution in [-0.2, 0) is 20.5 Å². The summed E-state index contributed by atoms with van der Waals surface area (Å²) in [4.78, 5) is 23.7. The normalized spacial score (nSPS) is 12.6. The van der Waals surface area contributed by atoms with Gasteiger partial charge in [0, 0.05) is 0 Å². The van der Waals surface area contributed by atoms with Crippen molar-refractivity contribution in [2.75, 3.05) is 6.61 Å². The Hall–Kier alpha value is -2.05. The van der Waals surface area contributed by atoms with Gasteiger partial charge in [-0.05, 0) is 31.5 Å². The summed E-state index contributed by atoms with van der Waals surface area (Å²) in [5.41, 5.74) is -0.930. The summed E-state index contributed by atoms with van der Waals surface area (Å²) in [5, 5.41) is 0. The molecule has 1 unspecified atom stereocenters. The highest BCUT2D eigenvalue weighted by Gasteiger charge is 2.32. The second-order valence-corrected chi connectivity index (χ2v) is 4.54. The zero-order valence-corrected chi connectivity index (χ0v) is 12.3. The van der Waals surface area contributed by atoms with Crippen LogP contribution >= 0.6 is 0 Å². The van der Waals surface area contributed by atoms with Crippen molar-refractivity contribution in [3.8, 4) is 5.75 Å². The number of ether oxygens (including phenoxy) is 2. The molecule has 122 valence electrons. The van der Waals surface area contributed by atoms with Gasteiger partial charge in [0.1, 0.15) is 5.75 Å². The Morgan fingerprint density at radius 2 is 1.86 bits per heavy atom. The van der Waals surface area contributed by atoms with Crippen molar-refractivity contribution in [3.05, 3.63) is 29.8 Å². The molecule has 1 aromatic carbocycles. The van der Waals surface area contributed by atoms with E-state index in [1.807, 2.05) is 0 Å². The van der Waals surface area contributed by atoms with Gasteiger partial charge in [0.15, 0.2) is 5.92 Å². The quantitative estimate of drug-likeness (QED) is 0.457. The molecule has 0 heterocycles. The van der Waals surface area contributed by atoms with Gasteiger partial charge in [-0.1, -0.05) is 19.4 Å². The standard InChI is InChI=1S/C15H17F3O4/c1-3-6-12(13(19)21-4-2)14(20)22-11-8-5-7-10(9-11)15(16,17)18/h5,7-9,12H,3-4,6H2,1-2H3. The Morgan fingerprint density at radius 1 is 1.18 bits per heavy atom. The highest BCUT2D eigenvalue weighted by molar-refractivity contribution is 5.95. The van der Waals surface area contributed by atoms with E-state index < -0.39 is 29.6 Å². The van der Waals surface area contributed by atoms with Crippen LogP contribution in [0, 0.1) is 5.92 Å². The Bertz CT molecular complexity index is 526. The van der Waals surface area contributed by atoms with Gasteiger partial charge in [0.05, 0.1) is 12.2 Å². The van der Waals surface area contributed by atoms with Crippen molar-refractivity contribution in [2.24, 2.45) is 5.92 Å². The lowest BCUT2D eigenvalue weighted by Crippen LogP contribution is -2.29. The summed E-state index contributed by atoms with van der Waals surface area (Å²) in [7, 11) is 0. The molecular weight excluding hydrogens is 301 g/mol. The highest BCUT2D eigenvalue weighted by atomic mass is 19.4. The number of rotatable bonds is 6. The maximum absolute atomic E-state index is 12.6. The Balaban J connectivity index is 2.87. The second-order valence-electron chi connectivity index (χ2n) is 4.54. The lowest BCUT2D eigenvalue weighted by molar-refractivity contribution is -0.157. The predicted octanol–water partition coefficient (Wildman–Crippen LogP) is 3.59. The van der Waals surface area contributed by atoms with Crippen LogP contribution in [0.2, 0.25) is 0 Å². The first-order valence-electron chi connectivity index (χ1n) is 6.85. The average Bonchev–Trinajstić information content (AvgIpc) is 2.44. The first kappa shape index (κ1) is 18.0. The molecule has 0 radical (unpaired) electrons. The minimum absolute atomic E-state index is 0.107. The zero-order valence-electron chi connectivity index (χ0n) is 12.3. The molecule has 0 aromatic heterocycles. The van der Waals surface area contributed by atoms with E-state index in [2.05, 4.69) is 0 Å². The molecule has 1 aromatic rings. The first-order chi connectivity index (χ1) is 10.3. The molecule has 0 saturated carbocycles. The van der Waals surface area contributed by atoms with Gasteiger partial charge < -0.3 is 9.47 Å². The summed E-state index contributed by atoms with van der Waals surface area (Å²) < 4.78 is 47.5. The van der Waals surface area contributed by atoms with E-state index in [0.29, 0.717) is 12.5 Å². The van der Waals surface area contributed by atoms with Gasteiger partial charge in [0.25, 0.3) is 0 Å². The number of esters is 2. The molecule has 0 aliphatic carbocycles. The van der Waals surface area contributed by atoms with E-state index >= 15 is 0 Å². The van der Waals surface area contributed by atoms with Crippen LogP contribution in [0.15, 0.2) is 24.3 Å². The molecule has 1 rings (SSSR count). The fraction of sp³-hybridized carbons (Fsp3) is 0.467. The average molecular weight is 318 g/mol. The van der Waals surface area contributed by atoms with E-state index in [1.54, 1.807) is 13.8 Å². The summed E-state index contributed by atoms with van der Waals surface area (Å²) in [5.74, 6) is -3.05. The number of alkyl halides is 3. The topological polar surface area (TPSA) is 52.6 Å². The zero-order chi connectivity index (χ0) is 16.8. The Morgan fingerprint density at radius 3 is 2.41 bits per heavy atom. The fourth-order valence-corrected chi connectivity index (χ4v) is 1.79. The molecule has 0 spiro atoms. The summed E-state index contributed by atoms with van der Waals surface area (Å²) in [6.07, 6.45) is -3.80. The van der Waals surface area contributed by atoms with Gasteiger partial charge in [-0.3, -0.25) is 9.59 Å². The third kappa shape index (κ3) is 5.05.